The van der Waals surface area contributed by atoms with Gasteiger partial charge in [0.05, 0.1) is 16.1 Å². The van der Waals surface area contributed by atoms with Gasteiger partial charge in [0, 0.05) is 11.6 Å². The van der Waals surface area contributed by atoms with Gasteiger partial charge in [-0.25, -0.2) is 4.39 Å². The van der Waals surface area contributed by atoms with Gasteiger partial charge in [-0.3, -0.25) is 14.7 Å². The summed E-state index contributed by atoms with van der Waals surface area (Å²) in [5, 5.41) is 1.00. The minimum atomic E-state index is -0.352. The van der Waals surface area contributed by atoms with Crippen LogP contribution in [0.1, 0.15) is 5.56 Å². The van der Waals surface area contributed by atoms with Crippen molar-refractivity contribution < 1.29 is 9.18 Å². The highest BCUT2D eigenvalue weighted by molar-refractivity contribution is 8.27. The summed E-state index contributed by atoms with van der Waals surface area (Å²) in [6, 6.07) is 15.4. The minimum Gasteiger partial charge on any atom is -0.268 e. The summed E-state index contributed by atoms with van der Waals surface area (Å²) in [4.78, 5) is 19.0. The van der Waals surface area contributed by atoms with Gasteiger partial charge in [-0.2, -0.15) is 0 Å². The second-order valence-corrected chi connectivity index (χ2v) is 7.12. The Bertz CT molecular complexity index is 1030. The molecule has 3 aromatic rings. The van der Waals surface area contributed by atoms with Gasteiger partial charge in [0.2, 0.25) is 0 Å². The second kappa shape index (κ2) is 6.38. The van der Waals surface area contributed by atoms with E-state index in [0.717, 1.165) is 16.5 Å². The van der Waals surface area contributed by atoms with E-state index in [0.29, 0.717) is 14.9 Å². The van der Waals surface area contributed by atoms with Crippen molar-refractivity contribution >= 4 is 56.9 Å². The number of hydrogen-bond acceptors (Lipinski definition) is 4. The van der Waals surface area contributed by atoms with Crippen LogP contribution in [0.3, 0.4) is 0 Å². The summed E-state index contributed by atoms with van der Waals surface area (Å²) in [5.41, 5.74) is 2.37. The number of benzene rings is 2. The number of carbonyl (C=O) groups is 1. The van der Waals surface area contributed by atoms with E-state index in [1.165, 1.54) is 28.8 Å². The molecule has 2 aromatic carbocycles. The summed E-state index contributed by atoms with van der Waals surface area (Å²) in [7, 11) is 0. The first kappa shape index (κ1) is 15.9. The van der Waals surface area contributed by atoms with E-state index >= 15 is 0 Å². The summed E-state index contributed by atoms with van der Waals surface area (Å²) in [5.74, 6) is -0.553. The molecule has 0 bridgehead atoms. The second-order valence-electron chi connectivity index (χ2n) is 5.45. The molecule has 0 unspecified atom stereocenters. The predicted octanol–water partition coefficient (Wildman–Crippen LogP) is 4.78. The minimum absolute atomic E-state index is 0.201. The van der Waals surface area contributed by atoms with E-state index in [1.54, 1.807) is 18.3 Å². The normalized spacial score (nSPS) is 16.2. The maximum atomic E-state index is 13.1. The topological polar surface area (TPSA) is 33.2 Å². The fraction of sp³-hybridized carbons (Fsp3) is 0. The molecule has 1 aliphatic heterocycles. The van der Waals surface area contributed by atoms with Crippen LogP contribution in [0.15, 0.2) is 65.7 Å². The number of hydrogen-bond donors (Lipinski definition) is 0. The summed E-state index contributed by atoms with van der Waals surface area (Å²) >= 11 is 6.57. The maximum absolute atomic E-state index is 13.1. The lowest BCUT2D eigenvalue weighted by Crippen LogP contribution is -2.27. The van der Waals surface area contributed by atoms with Crippen LogP contribution in [-0.2, 0) is 4.79 Å². The largest absolute Gasteiger partial charge is 0.270 e. The molecule has 4 rings (SSSR count). The van der Waals surface area contributed by atoms with Crippen LogP contribution in [-0.4, -0.2) is 15.2 Å². The molecule has 0 atom stereocenters. The Morgan fingerprint density at radius 3 is 2.72 bits per heavy atom. The molecule has 6 heteroatoms. The van der Waals surface area contributed by atoms with Crippen LogP contribution in [0.25, 0.3) is 17.0 Å². The highest BCUT2D eigenvalue weighted by Gasteiger charge is 2.33. The van der Waals surface area contributed by atoms with Gasteiger partial charge in [-0.05, 0) is 54.1 Å². The molecule has 2 heterocycles. The first-order valence-electron chi connectivity index (χ1n) is 7.50. The van der Waals surface area contributed by atoms with Gasteiger partial charge in [0.15, 0.2) is 4.32 Å². The molecule has 1 aromatic heterocycles. The molecule has 0 aliphatic carbocycles. The smallest absolute Gasteiger partial charge is 0.268 e. The number of amides is 1. The van der Waals surface area contributed by atoms with E-state index in [-0.39, 0.29) is 11.7 Å². The Labute approximate surface area is 153 Å². The lowest BCUT2D eigenvalue weighted by Gasteiger charge is -2.14. The summed E-state index contributed by atoms with van der Waals surface area (Å²) < 4.78 is 13.5. The number of thioether (sulfide) groups is 1. The number of halogens is 1. The zero-order chi connectivity index (χ0) is 17.4. The standard InChI is InChI=1S/C19H11FN2OS2/c20-14-4-6-15(7-5-14)22-18(23)17(25-19(22)24)11-12-3-8-16-13(10-12)2-1-9-21-16/h1-11H/b17-11-. The Morgan fingerprint density at radius 1 is 1.12 bits per heavy atom. The third-order valence-corrected chi connectivity index (χ3v) is 5.11. The van der Waals surface area contributed by atoms with E-state index < -0.39 is 0 Å². The summed E-state index contributed by atoms with van der Waals surface area (Å²) in [6.45, 7) is 0. The van der Waals surface area contributed by atoms with Gasteiger partial charge in [0.1, 0.15) is 5.82 Å². The van der Waals surface area contributed by atoms with Crippen molar-refractivity contribution in [3.63, 3.8) is 0 Å². The highest BCUT2D eigenvalue weighted by atomic mass is 32.2. The molecular formula is C19H11FN2OS2. The SMILES string of the molecule is O=C1/C(=C/c2ccc3ncccc3c2)SC(=S)N1c1ccc(F)cc1. The number of rotatable bonds is 2. The molecule has 0 saturated carbocycles. The lowest BCUT2D eigenvalue weighted by molar-refractivity contribution is -0.113. The van der Waals surface area contributed by atoms with E-state index in [4.69, 9.17) is 12.2 Å². The highest BCUT2D eigenvalue weighted by Crippen LogP contribution is 2.36. The zero-order valence-electron chi connectivity index (χ0n) is 12.8. The summed E-state index contributed by atoms with van der Waals surface area (Å²) in [6.07, 6.45) is 3.56. The number of thiocarbonyl (C=S) groups is 1. The fourth-order valence-corrected chi connectivity index (χ4v) is 3.91. The molecule has 0 N–H and O–H groups in total. The van der Waals surface area contributed by atoms with Crippen molar-refractivity contribution in [2.45, 2.75) is 0 Å². The fourth-order valence-electron chi connectivity index (χ4n) is 2.62. The van der Waals surface area contributed by atoms with Gasteiger partial charge < -0.3 is 0 Å². The Kier molecular flexibility index (Phi) is 4.07. The number of anilines is 1. The van der Waals surface area contributed by atoms with Gasteiger partial charge >= 0.3 is 0 Å². The van der Waals surface area contributed by atoms with Crippen molar-refractivity contribution in [2.24, 2.45) is 0 Å². The zero-order valence-corrected chi connectivity index (χ0v) is 14.5. The third kappa shape index (κ3) is 3.06. The first-order chi connectivity index (χ1) is 12.1. The Hall–Kier alpha value is -2.57. The van der Waals surface area contributed by atoms with Crippen molar-refractivity contribution in [3.05, 3.63) is 77.1 Å². The van der Waals surface area contributed by atoms with Crippen molar-refractivity contribution in [1.29, 1.82) is 0 Å². The molecule has 0 radical (unpaired) electrons. The van der Waals surface area contributed by atoms with Crippen LogP contribution in [0, 0.1) is 5.82 Å². The number of fused-ring (bicyclic) bond motifs is 1. The molecule has 0 spiro atoms. The average Bonchev–Trinajstić information content (AvgIpc) is 2.89. The molecule has 122 valence electrons. The molecule has 1 aliphatic rings. The first-order valence-corrected chi connectivity index (χ1v) is 8.72. The Balaban J connectivity index is 1.68. The number of carbonyl (C=O) groups excluding carboxylic acids is 1. The molecule has 3 nitrogen and oxygen atoms in total. The molecular weight excluding hydrogens is 355 g/mol. The van der Waals surface area contributed by atoms with Crippen LogP contribution in [0.5, 0.6) is 0 Å². The third-order valence-electron chi connectivity index (χ3n) is 3.80. The molecule has 1 fully saturated rings. The van der Waals surface area contributed by atoms with Gasteiger partial charge in [-0.15, -0.1) is 0 Å². The lowest BCUT2D eigenvalue weighted by atomic mass is 10.1. The molecule has 25 heavy (non-hydrogen) atoms. The quantitative estimate of drug-likeness (QED) is 0.483. The maximum Gasteiger partial charge on any atom is 0.270 e. The van der Waals surface area contributed by atoms with Crippen molar-refractivity contribution in [2.75, 3.05) is 4.90 Å². The molecule has 1 saturated heterocycles. The monoisotopic (exact) mass is 366 g/mol. The molecule has 1 amide bonds. The average molecular weight is 366 g/mol. The van der Waals surface area contributed by atoms with E-state index in [9.17, 15) is 9.18 Å². The predicted molar refractivity (Wildman–Crippen MR) is 104 cm³/mol. The van der Waals surface area contributed by atoms with Crippen molar-refractivity contribution in [3.8, 4) is 0 Å². The van der Waals surface area contributed by atoms with Gasteiger partial charge in [-0.1, -0.05) is 36.1 Å². The van der Waals surface area contributed by atoms with Crippen LogP contribution in [0.2, 0.25) is 0 Å². The van der Waals surface area contributed by atoms with Crippen molar-refractivity contribution in [1.82, 2.24) is 4.98 Å². The van der Waals surface area contributed by atoms with Gasteiger partial charge in [0.25, 0.3) is 5.91 Å². The van der Waals surface area contributed by atoms with Crippen LogP contribution >= 0.6 is 24.0 Å². The Morgan fingerprint density at radius 2 is 1.92 bits per heavy atom. The number of pyridine rings is 1. The van der Waals surface area contributed by atoms with Crippen LogP contribution < -0.4 is 4.90 Å². The number of nitrogens with zero attached hydrogens (tertiary/aromatic N) is 2. The van der Waals surface area contributed by atoms with Crippen LogP contribution in [0.4, 0.5) is 10.1 Å². The van der Waals surface area contributed by atoms with E-state index in [2.05, 4.69) is 4.98 Å². The number of aromatic nitrogens is 1. The van der Waals surface area contributed by atoms with E-state index in [1.807, 2.05) is 36.4 Å².